The van der Waals surface area contributed by atoms with Gasteiger partial charge in [0, 0.05) is 12.7 Å². The summed E-state index contributed by atoms with van der Waals surface area (Å²) in [6.45, 7) is 7.40. The van der Waals surface area contributed by atoms with Gasteiger partial charge in [0.1, 0.15) is 0 Å². The maximum Gasteiger partial charge on any atom is 0.224 e. The molecule has 0 bridgehead atoms. The topological polar surface area (TPSA) is 46.9 Å². The second-order valence-corrected chi connectivity index (χ2v) is 5.34. The van der Waals surface area contributed by atoms with E-state index in [1.807, 2.05) is 13.1 Å². The summed E-state index contributed by atoms with van der Waals surface area (Å²) in [5, 5.41) is 7.04. The average Bonchev–Trinajstić information content (AvgIpc) is 2.60. The van der Waals surface area contributed by atoms with Gasteiger partial charge in [-0.2, -0.15) is 5.10 Å². The lowest BCUT2D eigenvalue weighted by Gasteiger charge is -2.13. The monoisotopic (exact) mass is 287 g/mol. The summed E-state index contributed by atoms with van der Waals surface area (Å²) in [4.78, 5) is 11.7. The fraction of sp³-hybridized carbons (Fsp3) is 0.636. The Labute approximate surface area is 105 Å². The van der Waals surface area contributed by atoms with E-state index in [1.54, 1.807) is 10.9 Å². The van der Waals surface area contributed by atoms with E-state index in [2.05, 4.69) is 40.2 Å². The highest BCUT2D eigenvalue weighted by Gasteiger charge is 2.13. The van der Waals surface area contributed by atoms with Crippen LogP contribution in [-0.2, 0) is 11.3 Å². The van der Waals surface area contributed by atoms with Crippen molar-refractivity contribution in [1.29, 1.82) is 0 Å². The quantitative estimate of drug-likeness (QED) is 0.901. The van der Waals surface area contributed by atoms with E-state index in [0.29, 0.717) is 12.5 Å². The number of hydrogen-bond donors (Lipinski definition) is 1. The van der Waals surface area contributed by atoms with Crippen LogP contribution in [0.2, 0.25) is 0 Å². The Bertz CT molecular complexity index is 349. The van der Waals surface area contributed by atoms with Crippen molar-refractivity contribution in [2.24, 2.45) is 11.8 Å². The largest absolute Gasteiger partial charge is 0.356 e. The molecule has 1 rings (SSSR count). The number of carbonyl (C=O) groups is 1. The Morgan fingerprint density at radius 2 is 2.25 bits per heavy atom. The number of carbonyl (C=O) groups excluding carboxylic acids is 1. The smallest absolute Gasteiger partial charge is 0.224 e. The van der Waals surface area contributed by atoms with E-state index in [4.69, 9.17) is 0 Å². The van der Waals surface area contributed by atoms with Gasteiger partial charge in [0.2, 0.25) is 5.91 Å². The summed E-state index contributed by atoms with van der Waals surface area (Å²) < 4.78 is 2.70. The van der Waals surface area contributed by atoms with Gasteiger partial charge >= 0.3 is 0 Å². The molecule has 0 saturated heterocycles. The van der Waals surface area contributed by atoms with E-state index in [-0.39, 0.29) is 11.8 Å². The number of aromatic nitrogens is 2. The zero-order valence-corrected chi connectivity index (χ0v) is 11.5. The molecular weight excluding hydrogens is 270 g/mol. The lowest BCUT2D eigenvalue weighted by atomic mass is 10.1. The van der Waals surface area contributed by atoms with E-state index < -0.39 is 0 Å². The van der Waals surface area contributed by atoms with Gasteiger partial charge < -0.3 is 5.32 Å². The molecule has 1 aromatic rings. The van der Waals surface area contributed by atoms with Crippen LogP contribution in [0.1, 0.15) is 20.8 Å². The van der Waals surface area contributed by atoms with Gasteiger partial charge in [0.25, 0.3) is 0 Å². The van der Waals surface area contributed by atoms with Gasteiger partial charge in [-0.05, 0) is 21.8 Å². The maximum atomic E-state index is 11.7. The number of nitrogens with one attached hydrogen (secondary N) is 1. The molecule has 0 spiro atoms. The van der Waals surface area contributed by atoms with Crippen LogP contribution in [0.25, 0.3) is 0 Å². The van der Waals surface area contributed by atoms with Gasteiger partial charge in [-0.1, -0.05) is 20.8 Å². The van der Waals surface area contributed by atoms with Crippen molar-refractivity contribution in [1.82, 2.24) is 15.1 Å². The molecule has 0 fully saturated rings. The van der Waals surface area contributed by atoms with Crippen LogP contribution in [-0.4, -0.2) is 22.2 Å². The van der Waals surface area contributed by atoms with Crippen LogP contribution in [0.3, 0.4) is 0 Å². The van der Waals surface area contributed by atoms with Crippen LogP contribution < -0.4 is 5.32 Å². The second-order valence-electron chi connectivity index (χ2n) is 4.42. The highest BCUT2D eigenvalue weighted by molar-refractivity contribution is 9.10. The zero-order valence-electron chi connectivity index (χ0n) is 9.90. The third kappa shape index (κ3) is 4.35. The summed E-state index contributed by atoms with van der Waals surface area (Å²) in [7, 11) is 0. The second kappa shape index (κ2) is 6.03. The fourth-order valence-corrected chi connectivity index (χ4v) is 1.61. The van der Waals surface area contributed by atoms with E-state index >= 15 is 0 Å². The minimum atomic E-state index is -0.0643. The highest BCUT2D eigenvalue weighted by Crippen LogP contribution is 2.08. The molecule has 1 atom stereocenters. The standard InChI is InChI=1S/C11H18BrN3O/c1-8(2)4-13-11(16)9(3)6-15-7-10(12)5-14-15/h5,7-9H,4,6H2,1-3H3,(H,13,16). The molecule has 0 aromatic carbocycles. The Kier molecular flexibility index (Phi) is 4.99. The number of halogens is 1. The molecule has 0 saturated carbocycles. The molecule has 1 N–H and O–H groups in total. The number of amides is 1. The van der Waals surface area contributed by atoms with Gasteiger partial charge in [0.05, 0.1) is 23.1 Å². The van der Waals surface area contributed by atoms with Crippen molar-refractivity contribution in [2.45, 2.75) is 27.3 Å². The maximum absolute atomic E-state index is 11.7. The molecule has 0 radical (unpaired) electrons. The molecule has 0 aliphatic heterocycles. The van der Waals surface area contributed by atoms with Gasteiger partial charge in [-0.3, -0.25) is 9.48 Å². The summed E-state index contributed by atoms with van der Waals surface area (Å²) in [6.07, 6.45) is 3.59. The minimum Gasteiger partial charge on any atom is -0.356 e. The first-order valence-electron chi connectivity index (χ1n) is 5.44. The van der Waals surface area contributed by atoms with Crippen molar-refractivity contribution < 1.29 is 4.79 Å². The molecule has 16 heavy (non-hydrogen) atoms. The predicted octanol–water partition coefficient (Wildman–Crippen LogP) is 2.05. The number of hydrogen-bond acceptors (Lipinski definition) is 2. The lowest BCUT2D eigenvalue weighted by molar-refractivity contribution is -0.125. The summed E-state index contributed by atoms with van der Waals surface area (Å²) in [5.74, 6) is 0.501. The van der Waals surface area contributed by atoms with Crippen molar-refractivity contribution >= 4 is 21.8 Å². The zero-order chi connectivity index (χ0) is 12.1. The van der Waals surface area contributed by atoms with Crippen LogP contribution in [0.15, 0.2) is 16.9 Å². The van der Waals surface area contributed by atoms with Crippen LogP contribution in [0.5, 0.6) is 0 Å². The first-order chi connectivity index (χ1) is 7.49. The van der Waals surface area contributed by atoms with Gasteiger partial charge in [0.15, 0.2) is 0 Å². The van der Waals surface area contributed by atoms with E-state index in [0.717, 1.165) is 11.0 Å². The van der Waals surface area contributed by atoms with E-state index in [9.17, 15) is 4.79 Å². The van der Waals surface area contributed by atoms with Crippen molar-refractivity contribution in [3.05, 3.63) is 16.9 Å². The molecule has 90 valence electrons. The third-order valence-corrected chi connectivity index (χ3v) is 2.60. The van der Waals surface area contributed by atoms with Crippen molar-refractivity contribution in [3.8, 4) is 0 Å². The fourth-order valence-electron chi connectivity index (χ4n) is 1.28. The Morgan fingerprint density at radius 3 is 2.75 bits per heavy atom. The van der Waals surface area contributed by atoms with E-state index in [1.165, 1.54) is 0 Å². The van der Waals surface area contributed by atoms with Crippen molar-refractivity contribution in [2.75, 3.05) is 6.54 Å². The molecule has 1 unspecified atom stereocenters. The molecule has 1 heterocycles. The molecule has 1 aromatic heterocycles. The predicted molar refractivity (Wildman–Crippen MR) is 66.9 cm³/mol. The SMILES string of the molecule is CC(C)CNC(=O)C(C)Cn1cc(Br)cn1. The summed E-state index contributed by atoms with van der Waals surface area (Å²) in [6, 6.07) is 0. The molecule has 1 amide bonds. The minimum absolute atomic E-state index is 0.0643. The van der Waals surface area contributed by atoms with Crippen LogP contribution in [0, 0.1) is 11.8 Å². The van der Waals surface area contributed by atoms with Crippen molar-refractivity contribution in [3.63, 3.8) is 0 Å². The molecule has 0 aliphatic carbocycles. The number of rotatable bonds is 5. The van der Waals surface area contributed by atoms with Gasteiger partial charge in [-0.15, -0.1) is 0 Å². The highest BCUT2D eigenvalue weighted by atomic mass is 79.9. The van der Waals surface area contributed by atoms with Gasteiger partial charge in [-0.25, -0.2) is 0 Å². The first-order valence-corrected chi connectivity index (χ1v) is 6.24. The molecule has 4 nitrogen and oxygen atoms in total. The van der Waals surface area contributed by atoms with Crippen LogP contribution in [0.4, 0.5) is 0 Å². The first kappa shape index (κ1) is 13.2. The Balaban J connectivity index is 2.39. The lowest BCUT2D eigenvalue weighted by Crippen LogP contribution is -2.34. The third-order valence-electron chi connectivity index (χ3n) is 2.19. The van der Waals surface area contributed by atoms with Crippen LogP contribution >= 0.6 is 15.9 Å². The Hall–Kier alpha value is -0.840. The molecule has 0 aliphatic rings. The normalized spacial score (nSPS) is 12.8. The average molecular weight is 288 g/mol. The molecule has 5 heteroatoms. The number of nitrogens with zero attached hydrogens (tertiary/aromatic N) is 2. The summed E-state index contributed by atoms with van der Waals surface area (Å²) in [5.41, 5.74) is 0. The summed E-state index contributed by atoms with van der Waals surface area (Å²) >= 11 is 3.33. The molecular formula is C11H18BrN3O. The Morgan fingerprint density at radius 1 is 1.56 bits per heavy atom.